The van der Waals surface area contributed by atoms with Crippen LogP contribution in [0.5, 0.6) is 0 Å². The van der Waals surface area contributed by atoms with Gasteiger partial charge in [0.05, 0.1) is 0 Å². The van der Waals surface area contributed by atoms with E-state index in [1.807, 2.05) is 62.3 Å². The van der Waals surface area contributed by atoms with Gasteiger partial charge in [0.25, 0.3) is 0 Å². The first-order valence-corrected chi connectivity index (χ1v) is 23.2. The van der Waals surface area contributed by atoms with Gasteiger partial charge in [-0.25, -0.2) is 0 Å². The van der Waals surface area contributed by atoms with Gasteiger partial charge in [-0.1, -0.05) is 0 Å². The normalized spacial score (nSPS) is 42.0. The van der Waals surface area contributed by atoms with Crippen LogP contribution in [-0.2, 0) is 38.1 Å². The Balaban J connectivity index is 0.00000417. The Morgan fingerprint density at radius 3 is 1.17 bits per heavy atom. The zero-order valence-corrected chi connectivity index (χ0v) is 35.1. The van der Waals surface area contributed by atoms with Gasteiger partial charge in [0.2, 0.25) is 0 Å². The van der Waals surface area contributed by atoms with E-state index in [4.69, 9.17) is 9.33 Å². The maximum absolute atomic E-state index is 13.6. The van der Waals surface area contributed by atoms with Crippen molar-refractivity contribution in [2.45, 2.75) is 101 Å². The number of carbonyl (C=O) groups excluding carboxylic acids is 6. The molecular weight excluding hydrogens is 990 g/mol. The molecule has 9 unspecified atom stereocenters. The molecule has 1 radical (unpaired) electrons. The Kier molecular flexibility index (Phi) is 8.95. The molecule has 6 aliphatic rings. The van der Waals surface area contributed by atoms with Gasteiger partial charge < -0.3 is 5.48 Å². The first kappa shape index (κ1) is 36.4. The van der Waals surface area contributed by atoms with E-state index < -0.39 is 110 Å². The molecule has 2 N–H and O–H groups in total. The summed E-state index contributed by atoms with van der Waals surface area (Å²) in [6.45, 7) is 17.8. The fraction of sp³-hybridized carbons (Fsp3) is 0.818. The van der Waals surface area contributed by atoms with Gasteiger partial charge in [0.1, 0.15) is 0 Å². The quantitative estimate of drug-likeness (QED) is 0.260. The van der Waals surface area contributed by atoms with E-state index in [0.29, 0.717) is 25.7 Å². The van der Waals surface area contributed by atoms with Crippen LogP contribution in [0.15, 0.2) is 0 Å². The van der Waals surface area contributed by atoms with Crippen LogP contribution in [0.1, 0.15) is 101 Å². The fourth-order valence-electron chi connectivity index (χ4n) is 10.5. The zero-order valence-electron chi connectivity index (χ0n) is 28.2. The Morgan fingerprint density at radius 1 is 0.587 bits per heavy atom. The molecule has 6 rings (SSSR count). The molecule has 9 atom stereocenters. The number of rotatable bonds is 8. The molecule has 6 fully saturated rings. The Morgan fingerprint density at radius 2 is 0.891 bits per heavy atom. The van der Waals surface area contributed by atoms with Crippen LogP contribution in [0.25, 0.3) is 0 Å². The maximum atomic E-state index is 13.6. The summed E-state index contributed by atoms with van der Waals surface area (Å²) in [7, 11) is 0. The minimum Gasteiger partial charge on any atom is -0.412 e. The smallest absolute Gasteiger partial charge is 0.412 e. The third kappa shape index (κ3) is 4.51. The number of ketones is 3. The van der Waals surface area contributed by atoms with Crippen molar-refractivity contribution in [3.05, 3.63) is 0 Å². The van der Waals surface area contributed by atoms with Gasteiger partial charge in [-0.3, -0.25) is 0 Å². The van der Waals surface area contributed by atoms with E-state index in [-0.39, 0.29) is 46.0 Å². The van der Waals surface area contributed by atoms with Crippen molar-refractivity contribution in [1.82, 2.24) is 0 Å². The summed E-state index contributed by atoms with van der Waals surface area (Å²) >= 11 is -7.11. The van der Waals surface area contributed by atoms with Crippen molar-refractivity contribution < 1.29 is 43.6 Å². The number of carbonyl (C=O) groups is 6. The molecule has 6 aliphatic carbocycles. The largest absolute Gasteiger partial charge is 0.412 e. The molecule has 0 aliphatic heterocycles. The third-order valence-corrected chi connectivity index (χ3v) is 26.1. The van der Waals surface area contributed by atoms with Crippen molar-refractivity contribution in [1.29, 1.82) is 0 Å². The van der Waals surface area contributed by atoms with E-state index in [0.717, 1.165) is 12.8 Å². The van der Waals surface area contributed by atoms with Crippen LogP contribution in [0.2, 0.25) is 0 Å². The van der Waals surface area contributed by atoms with Gasteiger partial charge in [0, 0.05) is 0 Å². The molecule has 6 bridgehead atoms. The molecule has 0 aromatic rings. The summed E-state index contributed by atoms with van der Waals surface area (Å²) in [6.07, 6.45) is 4.32. The molecule has 46 heavy (non-hydrogen) atoms. The summed E-state index contributed by atoms with van der Waals surface area (Å²) in [5, 5.41) is 0. The van der Waals surface area contributed by atoms with Crippen LogP contribution in [0.4, 0.5) is 0 Å². The molecule has 0 spiro atoms. The average Bonchev–Trinajstić information content (AvgIpc) is 3.56. The van der Waals surface area contributed by atoms with E-state index >= 15 is 0 Å². The third-order valence-electron chi connectivity index (χ3n) is 14.9. The summed E-state index contributed by atoms with van der Waals surface area (Å²) in [4.78, 5) is 80.6. The minimum absolute atomic E-state index is 0. The van der Waals surface area contributed by atoms with Gasteiger partial charge in [-0.15, -0.1) is 0 Å². The maximum Gasteiger partial charge on any atom is -0.412 e. The number of hydrogen-bond donors (Lipinski definition) is 0. The Bertz CT molecular complexity index is 1340. The van der Waals surface area contributed by atoms with Crippen molar-refractivity contribution in [3.63, 3.8) is 0 Å². The molecule has 0 aromatic carbocycles. The number of Topliss-reactive ketones (excluding diaryl/α,β-unsaturated/α-hetero) is 3. The Labute approximate surface area is 293 Å². The summed E-state index contributed by atoms with van der Waals surface area (Å²) in [6, 6.07) is 0. The predicted molar refractivity (Wildman–Crippen MR) is 164 cm³/mol. The van der Waals surface area contributed by atoms with Gasteiger partial charge in [-0.05, 0) is 0 Å². The monoisotopic (exact) mass is 1040 g/mol. The molecule has 0 saturated heterocycles. The van der Waals surface area contributed by atoms with E-state index in [9.17, 15) is 28.8 Å². The molecule has 11 nitrogen and oxygen atoms in total. The number of hydrogen-bond acceptors (Lipinski definition) is 10. The first-order chi connectivity index (χ1) is 20.7. The van der Waals surface area contributed by atoms with Crippen molar-refractivity contribution in [3.8, 4) is 0 Å². The van der Waals surface area contributed by atoms with Crippen LogP contribution in [-0.4, -0.2) is 87.9 Å². The zero-order chi connectivity index (χ0) is 33.3. The van der Waals surface area contributed by atoms with Gasteiger partial charge in [-0.2, -0.15) is 0 Å². The predicted octanol–water partition coefficient (Wildman–Crippen LogP) is 3.25. The van der Waals surface area contributed by atoms with Crippen molar-refractivity contribution in [2.24, 2.45) is 68.0 Å². The van der Waals surface area contributed by atoms with E-state index in [1.165, 1.54) is 0 Å². The molecule has 255 valence electrons. The van der Waals surface area contributed by atoms with Crippen molar-refractivity contribution >= 4 is 82.4 Å². The summed E-state index contributed by atoms with van der Waals surface area (Å²) in [5.74, 6) is -5.95. The van der Waals surface area contributed by atoms with E-state index in [1.54, 1.807) is 0 Å². The topological polar surface area (TPSA) is 171 Å². The SMILES string of the molecule is CC12CCC(C(C(=O)[O][Bi][O][Bi]([O]C(=O)C3C(=O)C4(C)CCC3C4(C)C)[O]C(=O)C3C(=O)C4(C)CCC3C4(C)C)C1=O)C2(C)C.O. The van der Waals surface area contributed by atoms with Crippen LogP contribution in [0, 0.1) is 68.0 Å². The van der Waals surface area contributed by atoms with Gasteiger partial charge >= 0.3 is 289 Å². The summed E-state index contributed by atoms with van der Waals surface area (Å²) < 4.78 is 23.1. The first-order valence-electron chi connectivity index (χ1n) is 16.1. The van der Waals surface area contributed by atoms with Crippen LogP contribution in [0.3, 0.4) is 0 Å². The Hall–Kier alpha value is -0.894. The second kappa shape index (κ2) is 11.3. The van der Waals surface area contributed by atoms with Gasteiger partial charge in [0.15, 0.2) is 0 Å². The standard InChI is InChI=1S/3C11H16O3.2Bi.H2O.O/c3*1-10(2)6-4-5-11(10,3)8(12)7(6)9(13)14;;;;/h3*6-7H,4-5H2,1-3H3,(H,13,14);;;1H2;/q;;;+1;+2;;/p-3. The molecule has 13 heteroatoms. The second-order valence-electron chi connectivity index (χ2n) is 16.7. The van der Waals surface area contributed by atoms with E-state index in [2.05, 4.69) is 0 Å². The second-order valence-corrected chi connectivity index (χ2v) is 27.4. The molecule has 0 heterocycles. The van der Waals surface area contributed by atoms with Crippen molar-refractivity contribution in [2.75, 3.05) is 0 Å². The number of fused-ring (bicyclic) bond motifs is 6. The van der Waals surface area contributed by atoms with Crippen LogP contribution < -0.4 is 0 Å². The van der Waals surface area contributed by atoms with Crippen LogP contribution >= 0.6 is 0 Å². The molecule has 6 saturated carbocycles. The molecule has 0 amide bonds. The summed E-state index contributed by atoms with van der Waals surface area (Å²) in [5.41, 5.74) is -3.00. The molecular formula is C33H47Bi2O11. The fourth-order valence-corrected chi connectivity index (χ4v) is 19.3. The average molecular weight is 1040 g/mol. The molecule has 0 aromatic heterocycles. The minimum atomic E-state index is -4.47.